The van der Waals surface area contributed by atoms with E-state index in [4.69, 9.17) is 23.2 Å². The summed E-state index contributed by atoms with van der Waals surface area (Å²) in [6, 6.07) is 15.4. The molecule has 1 aromatic heterocycles. The van der Waals surface area contributed by atoms with Crippen molar-refractivity contribution < 1.29 is 0 Å². The van der Waals surface area contributed by atoms with Gasteiger partial charge in [-0.3, -0.25) is 4.99 Å². The third-order valence-corrected chi connectivity index (χ3v) is 4.08. The quantitative estimate of drug-likeness (QED) is 0.573. The lowest BCUT2D eigenvalue weighted by Gasteiger charge is -2.02. The first-order chi connectivity index (χ1) is 11.0. The molecular formula is C18H15Cl2N3. The van der Waals surface area contributed by atoms with Gasteiger partial charge in [-0.1, -0.05) is 35.3 Å². The molecule has 0 bridgehead atoms. The molecule has 0 fully saturated rings. The minimum absolute atomic E-state index is 0.529. The van der Waals surface area contributed by atoms with Crippen molar-refractivity contribution in [3.05, 3.63) is 75.5 Å². The lowest BCUT2D eigenvalue weighted by Crippen LogP contribution is -1.96. The molecule has 0 atom stereocenters. The van der Waals surface area contributed by atoms with Gasteiger partial charge in [-0.2, -0.15) is 5.10 Å². The van der Waals surface area contributed by atoms with Crippen LogP contribution in [0.15, 0.2) is 53.5 Å². The van der Waals surface area contributed by atoms with Crippen LogP contribution < -0.4 is 0 Å². The van der Waals surface area contributed by atoms with Gasteiger partial charge < -0.3 is 0 Å². The van der Waals surface area contributed by atoms with Crippen LogP contribution in [0, 0.1) is 13.8 Å². The van der Waals surface area contributed by atoms with Crippen LogP contribution in [0.5, 0.6) is 0 Å². The molecule has 0 amide bonds. The van der Waals surface area contributed by atoms with Crippen molar-refractivity contribution >= 4 is 35.1 Å². The number of halogens is 2. The first-order valence-corrected chi connectivity index (χ1v) is 7.92. The van der Waals surface area contributed by atoms with Crippen LogP contribution in [0.1, 0.15) is 16.8 Å². The van der Waals surface area contributed by atoms with Crippen molar-refractivity contribution in [2.75, 3.05) is 0 Å². The zero-order chi connectivity index (χ0) is 16.4. The van der Waals surface area contributed by atoms with Crippen LogP contribution in [-0.2, 0) is 0 Å². The highest BCUT2D eigenvalue weighted by Gasteiger charge is 2.13. The minimum atomic E-state index is 0.529. The Morgan fingerprint density at radius 3 is 2.48 bits per heavy atom. The summed E-state index contributed by atoms with van der Waals surface area (Å²) in [5, 5.41) is 5.70. The molecule has 0 aliphatic carbocycles. The van der Waals surface area contributed by atoms with E-state index < -0.39 is 0 Å². The zero-order valence-corrected chi connectivity index (χ0v) is 14.3. The molecule has 3 rings (SSSR count). The maximum atomic E-state index is 6.48. The molecule has 0 unspecified atom stereocenters. The van der Waals surface area contributed by atoms with Crippen molar-refractivity contribution in [3.63, 3.8) is 0 Å². The predicted molar refractivity (Wildman–Crippen MR) is 96.8 cm³/mol. The van der Waals surface area contributed by atoms with Crippen molar-refractivity contribution in [2.45, 2.75) is 13.8 Å². The average Bonchev–Trinajstić information content (AvgIpc) is 2.81. The van der Waals surface area contributed by atoms with Crippen molar-refractivity contribution in [1.29, 1.82) is 0 Å². The molecule has 0 aliphatic heterocycles. The summed E-state index contributed by atoms with van der Waals surface area (Å²) in [5.41, 5.74) is 4.54. The molecule has 0 radical (unpaired) electrons. The molecule has 116 valence electrons. The fourth-order valence-electron chi connectivity index (χ4n) is 2.26. The molecule has 3 nitrogen and oxygen atoms in total. The third kappa shape index (κ3) is 3.46. The molecule has 0 N–H and O–H groups in total. The number of hydrogen-bond acceptors (Lipinski definition) is 2. The van der Waals surface area contributed by atoms with Gasteiger partial charge in [0.25, 0.3) is 0 Å². The Morgan fingerprint density at radius 2 is 1.78 bits per heavy atom. The van der Waals surface area contributed by atoms with Gasteiger partial charge in [-0.15, -0.1) is 0 Å². The van der Waals surface area contributed by atoms with Gasteiger partial charge in [0.05, 0.1) is 22.6 Å². The summed E-state index contributed by atoms with van der Waals surface area (Å²) >= 11 is 12.4. The van der Waals surface area contributed by atoms with E-state index >= 15 is 0 Å². The van der Waals surface area contributed by atoms with Crippen LogP contribution in [-0.4, -0.2) is 16.0 Å². The summed E-state index contributed by atoms with van der Waals surface area (Å²) in [7, 11) is 0. The summed E-state index contributed by atoms with van der Waals surface area (Å²) < 4.78 is 1.69. The number of hydrogen-bond donors (Lipinski definition) is 0. The second-order valence-electron chi connectivity index (χ2n) is 5.28. The Morgan fingerprint density at radius 1 is 1.04 bits per heavy atom. The first-order valence-electron chi connectivity index (χ1n) is 7.16. The molecule has 1 heterocycles. The lowest BCUT2D eigenvalue weighted by atomic mass is 10.2. The van der Waals surface area contributed by atoms with Crippen molar-refractivity contribution in [3.8, 4) is 5.69 Å². The predicted octanol–water partition coefficient (Wildman–Crippen LogP) is 5.55. The Labute approximate surface area is 145 Å². The zero-order valence-electron chi connectivity index (χ0n) is 12.8. The van der Waals surface area contributed by atoms with E-state index in [1.807, 2.05) is 62.4 Å². The van der Waals surface area contributed by atoms with E-state index in [0.29, 0.717) is 10.2 Å². The van der Waals surface area contributed by atoms with Gasteiger partial charge in [0.15, 0.2) is 0 Å². The van der Waals surface area contributed by atoms with E-state index in [0.717, 1.165) is 22.6 Å². The van der Waals surface area contributed by atoms with Gasteiger partial charge in [-0.05, 0) is 55.8 Å². The Bertz CT molecular complexity index is 864. The monoisotopic (exact) mass is 343 g/mol. The van der Waals surface area contributed by atoms with Crippen LogP contribution in [0.4, 0.5) is 5.69 Å². The van der Waals surface area contributed by atoms with Gasteiger partial charge in [-0.25, -0.2) is 4.68 Å². The van der Waals surface area contributed by atoms with Crippen LogP contribution in [0.3, 0.4) is 0 Å². The van der Waals surface area contributed by atoms with Crippen molar-refractivity contribution in [2.24, 2.45) is 4.99 Å². The molecule has 0 saturated carbocycles. The number of benzene rings is 2. The molecule has 23 heavy (non-hydrogen) atoms. The van der Waals surface area contributed by atoms with Crippen LogP contribution in [0.25, 0.3) is 5.69 Å². The smallest absolute Gasteiger partial charge is 0.141 e. The Hall–Kier alpha value is -2.10. The fraction of sp³-hybridized carbons (Fsp3) is 0.111. The molecule has 2 aromatic carbocycles. The van der Waals surface area contributed by atoms with E-state index in [2.05, 4.69) is 10.1 Å². The number of aromatic nitrogens is 2. The van der Waals surface area contributed by atoms with Crippen LogP contribution in [0.2, 0.25) is 10.2 Å². The van der Waals surface area contributed by atoms with Gasteiger partial charge in [0.1, 0.15) is 5.15 Å². The van der Waals surface area contributed by atoms with E-state index in [9.17, 15) is 0 Å². The topological polar surface area (TPSA) is 30.2 Å². The number of nitrogens with zero attached hydrogens (tertiary/aromatic N) is 3. The van der Waals surface area contributed by atoms with Gasteiger partial charge in [0, 0.05) is 11.2 Å². The standard InChI is InChI=1S/C18H15Cl2N3/c1-12-4-3-5-15(10-12)21-11-17-13(2)22-23(18(17)20)16-8-6-14(19)7-9-16/h3-11H,1-2H3. The SMILES string of the molecule is Cc1cccc(N=Cc2c(C)nn(-c3ccc(Cl)cc3)c2Cl)c1. The van der Waals surface area contributed by atoms with E-state index in [1.165, 1.54) is 5.56 Å². The second-order valence-corrected chi connectivity index (χ2v) is 6.07. The lowest BCUT2D eigenvalue weighted by molar-refractivity contribution is 0.863. The fourth-order valence-corrected chi connectivity index (χ4v) is 2.71. The molecule has 3 aromatic rings. The molecular weight excluding hydrogens is 329 g/mol. The number of rotatable bonds is 3. The normalized spacial score (nSPS) is 11.3. The largest absolute Gasteiger partial charge is 0.256 e. The van der Waals surface area contributed by atoms with Gasteiger partial charge >= 0.3 is 0 Å². The highest BCUT2D eigenvalue weighted by molar-refractivity contribution is 6.32. The summed E-state index contributed by atoms with van der Waals surface area (Å²) in [6.45, 7) is 3.95. The van der Waals surface area contributed by atoms with Gasteiger partial charge in [0.2, 0.25) is 0 Å². The second kappa shape index (κ2) is 6.57. The minimum Gasteiger partial charge on any atom is -0.256 e. The van der Waals surface area contributed by atoms with E-state index in [1.54, 1.807) is 10.9 Å². The number of aryl methyl sites for hydroxylation is 2. The summed E-state index contributed by atoms with van der Waals surface area (Å²) in [5.74, 6) is 0. The third-order valence-electron chi connectivity index (χ3n) is 3.46. The van der Waals surface area contributed by atoms with Crippen molar-refractivity contribution in [1.82, 2.24) is 9.78 Å². The molecule has 5 heteroatoms. The first kappa shape index (κ1) is 15.8. The summed E-state index contributed by atoms with van der Waals surface area (Å²) in [6.07, 6.45) is 1.76. The highest BCUT2D eigenvalue weighted by atomic mass is 35.5. The Balaban J connectivity index is 1.96. The molecule has 0 aliphatic rings. The van der Waals surface area contributed by atoms with E-state index in [-0.39, 0.29) is 0 Å². The van der Waals surface area contributed by atoms with Crippen LogP contribution >= 0.6 is 23.2 Å². The highest BCUT2D eigenvalue weighted by Crippen LogP contribution is 2.24. The summed E-state index contributed by atoms with van der Waals surface area (Å²) in [4.78, 5) is 4.50. The Kier molecular flexibility index (Phi) is 4.51. The average molecular weight is 344 g/mol. The number of aliphatic imine (C=N–C) groups is 1. The molecule has 0 saturated heterocycles. The maximum absolute atomic E-state index is 6.48. The maximum Gasteiger partial charge on any atom is 0.141 e. The molecule has 0 spiro atoms.